The van der Waals surface area contributed by atoms with Gasteiger partial charge in [-0.2, -0.15) is 0 Å². The topological polar surface area (TPSA) is 40.5 Å². The summed E-state index contributed by atoms with van der Waals surface area (Å²) >= 11 is 0. The van der Waals surface area contributed by atoms with Crippen LogP contribution in [0.1, 0.15) is 122 Å². The fourth-order valence-electron chi connectivity index (χ4n) is 4.33. The second-order valence-electron chi connectivity index (χ2n) is 10.7. The van der Waals surface area contributed by atoms with Gasteiger partial charge in [-0.05, 0) is 74.3 Å². The van der Waals surface area contributed by atoms with Gasteiger partial charge in [0, 0.05) is 11.1 Å². The molecule has 0 aliphatic heterocycles. The monoisotopic (exact) mass is 402 g/mol. The van der Waals surface area contributed by atoms with Crippen LogP contribution in [0.5, 0.6) is 11.5 Å². The molecule has 1 aliphatic rings. The fraction of sp³-hybridized carbons (Fsp3) is 0.778. The van der Waals surface area contributed by atoms with Gasteiger partial charge in [-0.3, -0.25) is 0 Å². The average molecular weight is 403 g/mol. The molecule has 0 amide bonds. The Kier molecular flexibility index (Phi) is 9.37. The Labute approximate surface area is 180 Å². The first-order valence-electron chi connectivity index (χ1n) is 12.3. The molecule has 1 aromatic carbocycles. The molecule has 2 nitrogen and oxygen atoms in total. The van der Waals surface area contributed by atoms with E-state index in [4.69, 9.17) is 0 Å². The number of phenols is 2. The lowest BCUT2D eigenvalue weighted by Gasteiger charge is -2.22. The van der Waals surface area contributed by atoms with Gasteiger partial charge in [-0.1, -0.05) is 72.6 Å². The molecule has 1 fully saturated rings. The Morgan fingerprint density at radius 1 is 0.793 bits per heavy atom. The van der Waals surface area contributed by atoms with E-state index in [1.54, 1.807) is 12.1 Å². The van der Waals surface area contributed by atoms with E-state index in [1.165, 1.54) is 70.6 Å². The van der Waals surface area contributed by atoms with Crippen LogP contribution in [0.4, 0.5) is 0 Å². The molecule has 0 saturated heterocycles. The molecule has 29 heavy (non-hydrogen) atoms. The van der Waals surface area contributed by atoms with Crippen molar-refractivity contribution in [2.24, 2.45) is 10.8 Å². The number of unbranched alkanes of at least 4 members (excludes halogenated alkanes) is 6. The van der Waals surface area contributed by atoms with Gasteiger partial charge in [0.25, 0.3) is 0 Å². The van der Waals surface area contributed by atoms with Gasteiger partial charge >= 0.3 is 0 Å². The van der Waals surface area contributed by atoms with Gasteiger partial charge in [0.1, 0.15) is 11.5 Å². The zero-order valence-electron chi connectivity index (χ0n) is 19.7. The summed E-state index contributed by atoms with van der Waals surface area (Å²) in [5, 5.41) is 20.8. The van der Waals surface area contributed by atoms with Crippen LogP contribution in [-0.2, 0) is 12.8 Å². The third kappa shape index (κ3) is 8.60. The molecular weight excluding hydrogens is 356 g/mol. The normalized spacial score (nSPS) is 15.6. The number of aromatic hydroxyl groups is 2. The second kappa shape index (κ2) is 11.3. The maximum atomic E-state index is 10.4. The predicted octanol–water partition coefficient (Wildman–Crippen LogP) is 8.32. The van der Waals surface area contributed by atoms with Gasteiger partial charge in [-0.15, -0.1) is 0 Å². The van der Waals surface area contributed by atoms with E-state index in [0.29, 0.717) is 22.3 Å². The van der Waals surface area contributed by atoms with E-state index in [-0.39, 0.29) is 0 Å². The van der Waals surface area contributed by atoms with Gasteiger partial charge < -0.3 is 10.2 Å². The molecular formula is C27H46O2. The summed E-state index contributed by atoms with van der Waals surface area (Å²) in [5.74, 6) is 0.736. The van der Waals surface area contributed by atoms with Crippen LogP contribution in [0.15, 0.2) is 12.1 Å². The summed E-state index contributed by atoms with van der Waals surface area (Å²) in [5.41, 5.74) is 3.12. The molecule has 0 heterocycles. The molecule has 0 unspecified atom stereocenters. The Bertz CT molecular complexity index is 613. The van der Waals surface area contributed by atoms with Crippen molar-refractivity contribution in [1.29, 1.82) is 0 Å². The van der Waals surface area contributed by atoms with Crippen LogP contribution >= 0.6 is 0 Å². The van der Waals surface area contributed by atoms with Gasteiger partial charge in [0.15, 0.2) is 0 Å². The first-order chi connectivity index (χ1) is 13.8. The molecule has 0 atom stereocenters. The largest absolute Gasteiger partial charge is 0.508 e. The van der Waals surface area contributed by atoms with Crippen molar-refractivity contribution in [2.45, 2.75) is 124 Å². The van der Waals surface area contributed by atoms with Crippen LogP contribution in [0.2, 0.25) is 0 Å². The van der Waals surface area contributed by atoms with E-state index in [1.807, 2.05) is 0 Å². The molecule has 2 N–H and O–H groups in total. The zero-order chi connectivity index (χ0) is 21.3. The summed E-state index contributed by atoms with van der Waals surface area (Å²) in [6, 6.07) is 3.32. The highest BCUT2D eigenvalue weighted by atomic mass is 16.3. The summed E-state index contributed by atoms with van der Waals surface area (Å²) in [6.45, 7) is 9.40. The van der Waals surface area contributed by atoms with Gasteiger partial charge in [0.2, 0.25) is 0 Å². The van der Waals surface area contributed by atoms with Crippen LogP contribution in [0.3, 0.4) is 0 Å². The smallest absolute Gasteiger partial charge is 0.119 e. The van der Waals surface area contributed by atoms with Crippen molar-refractivity contribution < 1.29 is 10.2 Å². The Morgan fingerprint density at radius 3 is 1.76 bits per heavy atom. The Morgan fingerprint density at radius 2 is 1.28 bits per heavy atom. The SMILES string of the molecule is CCC(C)(C)CCCCCCc1c(O)ccc(O)c1CCCCCCC1(C)CC1. The third-order valence-corrected chi connectivity index (χ3v) is 7.43. The van der Waals surface area contributed by atoms with Crippen molar-refractivity contribution in [2.75, 3.05) is 0 Å². The lowest BCUT2D eigenvalue weighted by molar-refractivity contribution is 0.307. The summed E-state index contributed by atoms with van der Waals surface area (Å²) in [6.07, 6.45) is 18.3. The van der Waals surface area contributed by atoms with Crippen molar-refractivity contribution in [3.63, 3.8) is 0 Å². The van der Waals surface area contributed by atoms with E-state index in [2.05, 4.69) is 27.7 Å². The van der Waals surface area contributed by atoms with Crippen molar-refractivity contribution in [1.82, 2.24) is 0 Å². The number of hydrogen-bond acceptors (Lipinski definition) is 2. The molecule has 1 aromatic rings. The van der Waals surface area contributed by atoms with E-state index < -0.39 is 0 Å². The van der Waals surface area contributed by atoms with Crippen molar-refractivity contribution in [3.05, 3.63) is 23.3 Å². The standard InChI is InChI=1S/C27H46O2/c1-5-26(2,3)18-12-8-6-10-14-22-23(25(29)17-16-24(22)28)15-11-7-9-13-19-27(4)20-21-27/h16-17,28-29H,5-15,18-21H2,1-4H3. The maximum absolute atomic E-state index is 10.4. The second-order valence-corrected chi connectivity index (χ2v) is 10.7. The van der Waals surface area contributed by atoms with E-state index in [0.717, 1.165) is 36.8 Å². The summed E-state index contributed by atoms with van der Waals surface area (Å²) < 4.78 is 0. The van der Waals surface area contributed by atoms with Gasteiger partial charge in [-0.25, -0.2) is 0 Å². The number of hydrogen-bond donors (Lipinski definition) is 2. The van der Waals surface area contributed by atoms with E-state index >= 15 is 0 Å². The highest BCUT2D eigenvalue weighted by Crippen LogP contribution is 2.49. The lowest BCUT2D eigenvalue weighted by Crippen LogP contribution is -2.08. The first kappa shape index (κ1) is 24.1. The molecule has 1 saturated carbocycles. The molecule has 0 aromatic heterocycles. The van der Waals surface area contributed by atoms with Gasteiger partial charge in [0.05, 0.1) is 0 Å². The minimum atomic E-state index is 0.367. The van der Waals surface area contributed by atoms with Crippen molar-refractivity contribution in [3.8, 4) is 11.5 Å². The molecule has 2 heteroatoms. The van der Waals surface area contributed by atoms with Crippen LogP contribution in [-0.4, -0.2) is 10.2 Å². The highest BCUT2D eigenvalue weighted by Gasteiger charge is 2.35. The Balaban J connectivity index is 1.71. The predicted molar refractivity (Wildman–Crippen MR) is 125 cm³/mol. The van der Waals surface area contributed by atoms with Crippen molar-refractivity contribution >= 4 is 0 Å². The van der Waals surface area contributed by atoms with Crippen LogP contribution < -0.4 is 0 Å². The van der Waals surface area contributed by atoms with E-state index in [9.17, 15) is 10.2 Å². The minimum absolute atomic E-state index is 0.367. The summed E-state index contributed by atoms with van der Waals surface area (Å²) in [4.78, 5) is 0. The molecule has 1 aliphatic carbocycles. The number of rotatable bonds is 15. The lowest BCUT2D eigenvalue weighted by atomic mass is 9.84. The molecule has 0 radical (unpaired) electrons. The number of phenolic OH excluding ortho intramolecular Hbond substituents is 2. The fourth-order valence-corrected chi connectivity index (χ4v) is 4.33. The molecule has 166 valence electrons. The van der Waals surface area contributed by atoms with Crippen LogP contribution in [0, 0.1) is 10.8 Å². The average Bonchev–Trinajstić information content (AvgIpc) is 3.42. The highest BCUT2D eigenvalue weighted by molar-refractivity contribution is 5.47. The maximum Gasteiger partial charge on any atom is 0.119 e. The Hall–Kier alpha value is -1.18. The summed E-state index contributed by atoms with van der Waals surface area (Å²) in [7, 11) is 0. The minimum Gasteiger partial charge on any atom is -0.508 e. The first-order valence-corrected chi connectivity index (χ1v) is 12.3. The number of benzene rings is 1. The molecule has 0 bridgehead atoms. The molecule has 2 rings (SSSR count). The third-order valence-electron chi connectivity index (χ3n) is 7.43. The quantitative estimate of drug-likeness (QED) is 0.229. The zero-order valence-corrected chi connectivity index (χ0v) is 19.7. The van der Waals surface area contributed by atoms with Crippen LogP contribution in [0.25, 0.3) is 0 Å². The molecule has 0 spiro atoms.